The number of benzene rings is 3. The van der Waals surface area contributed by atoms with Crippen LogP contribution in [0.3, 0.4) is 0 Å². The number of carbonyl (C=O) groups excluding carboxylic acids is 2. The third-order valence-electron chi connectivity index (χ3n) is 5.78. The number of carbonyl (C=O) groups is 2. The van der Waals surface area contributed by atoms with Gasteiger partial charge in [0.05, 0.1) is 38.7 Å². The van der Waals surface area contributed by atoms with Crippen LogP contribution in [-0.4, -0.2) is 21.6 Å². The number of nitrogens with zero attached hydrogens (tertiary/aromatic N) is 2. The Morgan fingerprint density at radius 2 is 1.75 bits per heavy atom. The molecule has 186 valence electrons. The molecular formula is C27H25Cl3N4O2. The number of halogens is 3. The summed E-state index contributed by atoms with van der Waals surface area (Å²) in [6.07, 6.45) is 1.68. The number of fused-ring (bicyclic) bond motifs is 1. The van der Waals surface area contributed by atoms with E-state index in [-0.39, 0.29) is 28.1 Å². The molecule has 9 heteroatoms. The second-order valence-electron chi connectivity index (χ2n) is 9.51. The lowest BCUT2D eigenvalue weighted by molar-refractivity contribution is -0.128. The maximum absolute atomic E-state index is 13.3. The summed E-state index contributed by atoms with van der Waals surface area (Å²) < 4.78 is 1.76. The van der Waals surface area contributed by atoms with E-state index in [4.69, 9.17) is 34.8 Å². The number of aryl methyl sites for hydroxylation is 1. The first-order chi connectivity index (χ1) is 17.0. The summed E-state index contributed by atoms with van der Waals surface area (Å²) >= 11 is 19.3. The van der Waals surface area contributed by atoms with E-state index in [9.17, 15) is 9.59 Å². The lowest BCUT2D eigenvalue weighted by Gasteiger charge is -2.18. The van der Waals surface area contributed by atoms with Crippen LogP contribution in [-0.2, 0) is 11.3 Å². The second kappa shape index (κ2) is 10.1. The van der Waals surface area contributed by atoms with Crippen molar-refractivity contribution < 1.29 is 9.59 Å². The molecular weight excluding hydrogens is 519 g/mol. The van der Waals surface area contributed by atoms with Crippen molar-refractivity contribution >= 4 is 63.2 Å². The maximum Gasteiger partial charge on any atom is 0.258 e. The Balaban J connectivity index is 1.63. The molecule has 1 aromatic heterocycles. The molecule has 2 N–H and O–H groups in total. The lowest BCUT2D eigenvalue weighted by Crippen LogP contribution is -2.34. The number of hydrogen-bond acceptors (Lipinski definition) is 3. The van der Waals surface area contributed by atoms with Crippen molar-refractivity contribution in [3.8, 4) is 5.69 Å². The predicted molar refractivity (Wildman–Crippen MR) is 147 cm³/mol. The van der Waals surface area contributed by atoms with E-state index in [1.807, 2.05) is 58.0 Å². The Kier molecular flexibility index (Phi) is 7.32. The largest absolute Gasteiger partial charge is 0.352 e. The van der Waals surface area contributed by atoms with E-state index in [0.29, 0.717) is 16.3 Å². The molecule has 0 aliphatic rings. The third kappa shape index (κ3) is 5.21. The van der Waals surface area contributed by atoms with Gasteiger partial charge in [0, 0.05) is 22.4 Å². The van der Waals surface area contributed by atoms with Gasteiger partial charge in [-0.3, -0.25) is 9.59 Å². The molecule has 4 aromatic rings. The molecule has 0 radical (unpaired) electrons. The molecule has 0 aliphatic carbocycles. The van der Waals surface area contributed by atoms with Crippen molar-refractivity contribution in [1.29, 1.82) is 0 Å². The zero-order valence-corrected chi connectivity index (χ0v) is 22.5. The Morgan fingerprint density at radius 3 is 2.44 bits per heavy atom. The van der Waals surface area contributed by atoms with Gasteiger partial charge in [0.25, 0.3) is 5.91 Å². The molecule has 0 saturated heterocycles. The number of hydrogen-bond donors (Lipinski definition) is 2. The zero-order valence-electron chi connectivity index (χ0n) is 20.2. The van der Waals surface area contributed by atoms with Crippen LogP contribution in [0, 0.1) is 12.3 Å². The quantitative estimate of drug-likeness (QED) is 0.279. The van der Waals surface area contributed by atoms with Gasteiger partial charge >= 0.3 is 0 Å². The van der Waals surface area contributed by atoms with Crippen LogP contribution >= 0.6 is 34.8 Å². The molecule has 4 rings (SSSR count). The van der Waals surface area contributed by atoms with Crippen LogP contribution in [0.1, 0.15) is 42.3 Å². The first kappa shape index (κ1) is 26.0. The Labute approximate surface area is 224 Å². The van der Waals surface area contributed by atoms with E-state index in [1.54, 1.807) is 29.1 Å². The summed E-state index contributed by atoms with van der Waals surface area (Å²) in [5, 5.41) is 12.0. The van der Waals surface area contributed by atoms with Crippen molar-refractivity contribution in [3.63, 3.8) is 0 Å². The van der Waals surface area contributed by atoms with Gasteiger partial charge < -0.3 is 10.6 Å². The molecule has 6 nitrogen and oxygen atoms in total. The monoisotopic (exact) mass is 542 g/mol. The molecule has 36 heavy (non-hydrogen) atoms. The van der Waals surface area contributed by atoms with Crippen LogP contribution in [0.5, 0.6) is 0 Å². The van der Waals surface area contributed by atoms with E-state index >= 15 is 0 Å². The molecule has 0 bridgehead atoms. The van der Waals surface area contributed by atoms with Crippen LogP contribution in [0.25, 0.3) is 16.6 Å². The average molecular weight is 544 g/mol. The number of aromatic nitrogens is 2. The summed E-state index contributed by atoms with van der Waals surface area (Å²) in [7, 11) is 0. The summed E-state index contributed by atoms with van der Waals surface area (Å²) in [5.74, 6) is -0.592. The molecule has 3 aromatic carbocycles. The molecule has 0 unspecified atom stereocenters. The first-order valence-corrected chi connectivity index (χ1v) is 12.4. The van der Waals surface area contributed by atoms with Crippen LogP contribution in [0.4, 0.5) is 5.69 Å². The van der Waals surface area contributed by atoms with Gasteiger partial charge in [-0.25, -0.2) is 4.68 Å². The van der Waals surface area contributed by atoms with Crippen molar-refractivity contribution in [3.05, 3.63) is 86.5 Å². The van der Waals surface area contributed by atoms with Crippen molar-refractivity contribution in [2.75, 3.05) is 5.32 Å². The number of nitrogens with one attached hydrogen (secondary N) is 2. The SMILES string of the molecule is Cc1ccc(-n2ncc3c(NC(=O)c4c(Cl)ccc(CNC(=O)C(C)(C)C)c4Cl)cccc32)cc1Cl. The third-order valence-corrected chi connectivity index (χ3v) is 6.93. The molecule has 1 heterocycles. The minimum absolute atomic E-state index is 0.127. The summed E-state index contributed by atoms with van der Waals surface area (Å²) in [5.41, 5.74) is 3.30. The number of rotatable bonds is 5. The lowest BCUT2D eigenvalue weighted by atomic mass is 9.95. The highest BCUT2D eigenvalue weighted by Gasteiger charge is 2.23. The minimum atomic E-state index is -0.549. The van der Waals surface area contributed by atoms with Gasteiger partial charge in [-0.15, -0.1) is 0 Å². The van der Waals surface area contributed by atoms with Gasteiger partial charge in [0.15, 0.2) is 0 Å². The van der Waals surface area contributed by atoms with Gasteiger partial charge in [-0.05, 0) is 48.4 Å². The molecule has 0 fully saturated rings. The van der Waals surface area contributed by atoms with E-state index < -0.39 is 11.3 Å². The topological polar surface area (TPSA) is 76.0 Å². The molecule has 0 atom stereocenters. The smallest absolute Gasteiger partial charge is 0.258 e. The number of amides is 2. The van der Waals surface area contributed by atoms with E-state index in [1.165, 1.54) is 0 Å². The normalized spacial score (nSPS) is 11.5. The van der Waals surface area contributed by atoms with Gasteiger partial charge in [0.2, 0.25) is 5.91 Å². The Hall–Kier alpha value is -3.06. The fourth-order valence-electron chi connectivity index (χ4n) is 3.65. The Morgan fingerprint density at radius 1 is 1.00 bits per heavy atom. The first-order valence-electron chi connectivity index (χ1n) is 11.3. The Bertz CT molecular complexity index is 1490. The number of anilines is 1. The van der Waals surface area contributed by atoms with Crippen molar-refractivity contribution in [1.82, 2.24) is 15.1 Å². The van der Waals surface area contributed by atoms with Crippen molar-refractivity contribution in [2.24, 2.45) is 5.41 Å². The van der Waals surface area contributed by atoms with Crippen molar-refractivity contribution in [2.45, 2.75) is 34.2 Å². The summed E-state index contributed by atoms with van der Waals surface area (Å²) in [6.45, 7) is 7.57. The fourth-order valence-corrected chi connectivity index (χ4v) is 4.43. The predicted octanol–water partition coefficient (Wildman–Crippen LogP) is 7.21. The van der Waals surface area contributed by atoms with E-state index in [0.717, 1.165) is 22.2 Å². The minimum Gasteiger partial charge on any atom is -0.352 e. The summed E-state index contributed by atoms with van der Waals surface area (Å²) in [6, 6.07) is 14.5. The summed E-state index contributed by atoms with van der Waals surface area (Å²) in [4.78, 5) is 25.6. The van der Waals surface area contributed by atoms with Gasteiger partial charge in [0.1, 0.15) is 0 Å². The highest BCUT2D eigenvalue weighted by Crippen LogP contribution is 2.32. The molecule has 2 amide bonds. The fraction of sp³-hybridized carbons (Fsp3) is 0.222. The van der Waals surface area contributed by atoms with Gasteiger partial charge in [-0.1, -0.05) is 73.8 Å². The molecule has 0 spiro atoms. The molecule has 0 saturated carbocycles. The van der Waals surface area contributed by atoms with Gasteiger partial charge in [-0.2, -0.15) is 5.10 Å². The highest BCUT2D eigenvalue weighted by atomic mass is 35.5. The molecule has 0 aliphatic heterocycles. The zero-order chi connectivity index (χ0) is 26.2. The highest BCUT2D eigenvalue weighted by molar-refractivity contribution is 6.41. The standard InChI is InChI=1S/C27H25Cl3N4O2/c1-15-8-10-17(12-20(15)29)34-22-7-5-6-21(18(22)14-32-34)33-25(35)23-19(28)11-9-16(24(23)30)13-31-26(36)27(2,3)4/h5-12,14H,13H2,1-4H3,(H,31,36)(H,33,35). The maximum atomic E-state index is 13.3. The average Bonchev–Trinajstić information content (AvgIpc) is 3.25. The van der Waals surface area contributed by atoms with E-state index in [2.05, 4.69) is 15.7 Å². The second-order valence-corrected chi connectivity index (χ2v) is 10.7. The van der Waals surface area contributed by atoms with Crippen LogP contribution < -0.4 is 10.6 Å². The van der Waals surface area contributed by atoms with Crippen LogP contribution in [0.2, 0.25) is 15.1 Å². The van der Waals surface area contributed by atoms with Crippen LogP contribution in [0.15, 0.2) is 54.7 Å².